The summed E-state index contributed by atoms with van der Waals surface area (Å²) in [5.41, 5.74) is 0.998. The first-order chi connectivity index (χ1) is 12.5. The normalized spacial score (nSPS) is 14.5. The number of rotatable bonds is 3. The fraction of sp³-hybridized carbons (Fsp3) is 0.222. The van der Waals surface area contributed by atoms with E-state index in [0.29, 0.717) is 31.1 Å². The van der Waals surface area contributed by atoms with Crippen LogP contribution >= 0.6 is 0 Å². The molecule has 3 aromatic rings. The molecule has 0 fully saturated rings. The van der Waals surface area contributed by atoms with Gasteiger partial charge < -0.3 is 4.42 Å². The summed E-state index contributed by atoms with van der Waals surface area (Å²) in [5, 5.41) is 0. The largest absolute Gasteiger partial charge is 0.461 e. The van der Waals surface area contributed by atoms with Crippen LogP contribution in [-0.4, -0.2) is 21.4 Å². The van der Waals surface area contributed by atoms with E-state index in [0.717, 1.165) is 11.3 Å². The Hall–Kier alpha value is -2.74. The maximum atomic E-state index is 13.9. The van der Waals surface area contributed by atoms with Crippen LogP contribution in [-0.2, 0) is 19.5 Å². The van der Waals surface area contributed by atoms with Crippen LogP contribution in [0.1, 0.15) is 16.8 Å². The molecule has 1 aromatic carbocycles. The van der Waals surface area contributed by atoms with Gasteiger partial charge in [-0.1, -0.05) is 0 Å². The number of aromatic nitrogens is 2. The average molecular weight is 363 g/mol. The molecule has 0 radical (unpaired) electrons. The minimum absolute atomic E-state index is 0.212. The molecular weight excluding hydrogens is 350 g/mol. The number of nitrogens with zero attached hydrogens (tertiary/aromatic N) is 3. The molecule has 0 amide bonds. The Bertz CT molecular complexity index is 933. The predicted molar refractivity (Wildman–Crippen MR) is 83.8 cm³/mol. The summed E-state index contributed by atoms with van der Waals surface area (Å²) in [6.07, 6.45) is 3.68. The van der Waals surface area contributed by atoms with Gasteiger partial charge in [0.1, 0.15) is 0 Å². The highest BCUT2D eigenvalue weighted by atomic mass is 19.2. The summed E-state index contributed by atoms with van der Waals surface area (Å²) in [7, 11) is 0. The summed E-state index contributed by atoms with van der Waals surface area (Å²) in [4.78, 5) is 10.4. The van der Waals surface area contributed by atoms with Gasteiger partial charge in [0.25, 0.3) is 0 Å². The molecule has 0 saturated heterocycles. The van der Waals surface area contributed by atoms with E-state index in [1.807, 2.05) is 0 Å². The van der Waals surface area contributed by atoms with E-state index in [-0.39, 0.29) is 12.6 Å². The van der Waals surface area contributed by atoms with E-state index in [4.69, 9.17) is 4.42 Å². The molecule has 0 N–H and O–H groups in total. The molecule has 0 atom stereocenters. The van der Waals surface area contributed by atoms with E-state index in [1.165, 1.54) is 6.26 Å². The van der Waals surface area contributed by atoms with Crippen LogP contribution in [0.5, 0.6) is 0 Å². The highest BCUT2D eigenvalue weighted by Crippen LogP contribution is 2.25. The Morgan fingerprint density at radius 1 is 1.12 bits per heavy atom. The number of fused-ring (bicyclic) bond motifs is 1. The van der Waals surface area contributed by atoms with Crippen LogP contribution in [0, 0.1) is 23.3 Å². The third kappa shape index (κ3) is 2.96. The SMILES string of the molecule is Fc1cc(F)c(F)c(CN2CCc3nc(-c4ccco4)ncc3C2)c1F. The molecule has 0 bridgehead atoms. The quantitative estimate of drug-likeness (QED) is 0.524. The summed E-state index contributed by atoms with van der Waals surface area (Å²) in [6, 6.07) is 3.70. The summed E-state index contributed by atoms with van der Waals surface area (Å²) in [6.45, 7) is 0.523. The Morgan fingerprint density at radius 2 is 1.88 bits per heavy atom. The van der Waals surface area contributed by atoms with Crippen LogP contribution in [0.3, 0.4) is 0 Å². The van der Waals surface area contributed by atoms with Crippen molar-refractivity contribution in [3.63, 3.8) is 0 Å². The number of halogens is 4. The number of hydrogen-bond donors (Lipinski definition) is 0. The van der Waals surface area contributed by atoms with E-state index < -0.39 is 28.8 Å². The van der Waals surface area contributed by atoms with E-state index >= 15 is 0 Å². The molecule has 4 rings (SSSR count). The van der Waals surface area contributed by atoms with Crippen LogP contribution in [0.15, 0.2) is 35.1 Å². The standard InChI is InChI=1S/C18H13F4N3O/c19-12-6-13(20)17(22)11(16(12)21)9-25-4-3-14-10(8-25)7-23-18(24-14)15-2-1-5-26-15/h1-2,5-7H,3-4,8-9H2. The van der Waals surface area contributed by atoms with E-state index in [2.05, 4.69) is 9.97 Å². The van der Waals surface area contributed by atoms with Crippen molar-refractivity contribution in [2.24, 2.45) is 0 Å². The molecule has 26 heavy (non-hydrogen) atoms. The maximum absolute atomic E-state index is 13.9. The third-order valence-electron chi connectivity index (χ3n) is 4.34. The molecule has 134 valence electrons. The van der Waals surface area contributed by atoms with Crippen molar-refractivity contribution >= 4 is 0 Å². The zero-order valence-corrected chi connectivity index (χ0v) is 13.5. The van der Waals surface area contributed by atoms with Gasteiger partial charge in [0.15, 0.2) is 34.9 Å². The fourth-order valence-electron chi connectivity index (χ4n) is 3.02. The van der Waals surface area contributed by atoms with Crippen LogP contribution in [0.2, 0.25) is 0 Å². The molecule has 2 aromatic heterocycles. The summed E-state index contributed by atoms with van der Waals surface area (Å²) >= 11 is 0. The number of hydrogen-bond acceptors (Lipinski definition) is 4. The van der Waals surface area contributed by atoms with E-state index in [1.54, 1.807) is 23.2 Å². The molecule has 8 heteroatoms. The lowest BCUT2D eigenvalue weighted by molar-refractivity contribution is 0.233. The van der Waals surface area contributed by atoms with Gasteiger partial charge in [0, 0.05) is 49.4 Å². The minimum atomic E-state index is -1.40. The maximum Gasteiger partial charge on any atom is 0.195 e. The second kappa shape index (κ2) is 6.53. The van der Waals surface area contributed by atoms with Crippen molar-refractivity contribution in [3.8, 4) is 11.6 Å². The first-order valence-electron chi connectivity index (χ1n) is 7.96. The average Bonchev–Trinajstić information content (AvgIpc) is 3.18. The van der Waals surface area contributed by atoms with Gasteiger partial charge in [0.05, 0.1) is 12.0 Å². The Labute approximate surface area is 146 Å². The molecular formula is C18H13F4N3O. The van der Waals surface area contributed by atoms with Gasteiger partial charge in [-0.05, 0) is 12.1 Å². The van der Waals surface area contributed by atoms with Gasteiger partial charge in [-0.25, -0.2) is 27.5 Å². The first kappa shape index (κ1) is 16.7. The second-order valence-corrected chi connectivity index (χ2v) is 6.05. The lowest BCUT2D eigenvalue weighted by atomic mass is 10.1. The smallest absolute Gasteiger partial charge is 0.195 e. The van der Waals surface area contributed by atoms with Gasteiger partial charge in [-0.2, -0.15) is 0 Å². The van der Waals surface area contributed by atoms with Crippen LogP contribution < -0.4 is 0 Å². The molecule has 0 aliphatic carbocycles. The van der Waals surface area contributed by atoms with Crippen molar-refractivity contribution in [1.29, 1.82) is 0 Å². The fourth-order valence-corrected chi connectivity index (χ4v) is 3.02. The van der Waals surface area contributed by atoms with Crippen LogP contribution in [0.25, 0.3) is 11.6 Å². The molecule has 1 aliphatic rings. The lowest BCUT2D eigenvalue weighted by Crippen LogP contribution is -2.31. The van der Waals surface area contributed by atoms with Gasteiger partial charge in [0.2, 0.25) is 0 Å². The molecule has 0 unspecified atom stereocenters. The zero-order chi connectivity index (χ0) is 18.3. The highest BCUT2D eigenvalue weighted by molar-refractivity contribution is 5.47. The van der Waals surface area contributed by atoms with E-state index in [9.17, 15) is 17.6 Å². The topological polar surface area (TPSA) is 42.2 Å². The zero-order valence-electron chi connectivity index (χ0n) is 13.5. The number of furan rings is 1. The molecule has 3 heterocycles. The van der Waals surface area contributed by atoms with Crippen LogP contribution in [0.4, 0.5) is 17.6 Å². The van der Waals surface area contributed by atoms with Crippen molar-refractivity contribution in [3.05, 3.63) is 70.7 Å². The first-order valence-corrected chi connectivity index (χ1v) is 7.96. The Balaban J connectivity index is 1.57. The Morgan fingerprint density at radius 3 is 2.58 bits per heavy atom. The summed E-state index contributed by atoms with van der Waals surface area (Å²) in [5.74, 6) is -4.51. The molecule has 1 aliphatic heterocycles. The van der Waals surface area contributed by atoms with Crippen molar-refractivity contribution in [1.82, 2.24) is 14.9 Å². The highest BCUT2D eigenvalue weighted by Gasteiger charge is 2.24. The van der Waals surface area contributed by atoms with Gasteiger partial charge in [-0.3, -0.25) is 4.90 Å². The predicted octanol–water partition coefficient (Wildman–Crippen LogP) is 3.85. The molecule has 0 saturated carbocycles. The van der Waals surface area contributed by atoms with Gasteiger partial charge >= 0.3 is 0 Å². The number of benzene rings is 1. The minimum Gasteiger partial charge on any atom is -0.461 e. The molecule has 0 spiro atoms. The van der Waals surface area contributed by atoms with Crippen molar-refractivity contribution in [2.45, 2.75) is 19.5 Å². The lowest BCUT2D eigenvalue weighted by Gasteiger charge is -2.28. The van der Waals surface area contributed by atoms with Crippen molar-refractivity contribution in [2.75, 3.05) is 6.54 Å². The Kier molecular flexibility index (Phi) is 4.20. The molecule has 4 nitrogen and oxygen atoms in total. The monoisotopic (exact) mass is 363 g/mol. The summed E-state index contributed by atoms with van der Waals surface area (Å²) < 4.78 is 59.7. The second-order valence-electron chi connectivity index (χ2n) is 6.05. The van der Waals surface area contributed by atoms with Crippen molar-refractivity contribution < 1.29 is 22.0 Å². The van der Waals surface area contributed by atoms with Gasteiger partial charge in [-0.15, -0.1) is 0 Å². The third-order valence-corrected chi connectivity index (χ3v) is 4.34.